The highest BCUT2D eigenvalue weighted by Crippen LogP contribution is 2.33. The zero-order valence-corrected chi connectivity index (χ0v) is 13.4. The van der Waals surface area contributed by atoms with Crippen molar-refractivity contribution in [1.29, 1.82) is 0 Å². The Morgan fingerprint density at radius 1 is 1.47 bits per heavy atom. The number of nitrogens with one attached hydrogen (secondary N) is 1. The lowest BCUT2D eigenvalue weighted by Crippen LogP contribution is -2.46. The third-order valence-electron chi connectivity index (χ3n) is 3.59. The van der Waals surface area contributed by atoms with Gasteiger partial charge in [0.1, 0.15) is 5.75 Å². The van der Waals surface area contributed by atoms with E-state index < -0.39 is 0 Å². The second kappa shape index (κ2) is 7.15. The Labute approximate surface area is 124 Å². The minimum atomic E-state index is 0.595. The van der Waals surface area contributed by atoms with E-state index >= 15 is 0 Å². The predicted octanol–water partition coefficient (Wildman–Crippen LogP) is 3.43. The molecule has 0 spiro atoms. The molecule has 2 rings (SSSR count). The Kier molecular flexibility index (Phi) is 5.52. The SMILES string of the molecule is CCCNC1CCCN(c2cc(Br)ccc2OC)C1. The van der Waals surface area contributed by atoms with Crippen molar-refractivity contribution in [2.45, 2.75) is 32.2 Å². The van der Waals surface area contributed by atoms with Gasteiger partial charge in [0.05, 0.1) is 12.8 Å². The number of piperidine rings is 1. The lowest BCUT2D eigenvalue weighted by Gasteiger charge is -2.35. The van der Waals surface area contributed by atoms with Gasteiger partial charge in [-0.2, -0.15) is 0 Å². The highest BCUT2D eigenvalue weighted by atomic mass is 79.9. The Morgan fingerprint density at radius 2 is 2.32 bits per heavy atom. The average Bonchev–Trinajstić information content (AvgIpc) is 2.45. The van der Waals surface area contributed by atoms with Crippen molar-refractivity contribution in [2.24, 2.45) is 0 Å². The molecule has 1 aromatic carbocycles. The summed E-state index contributed by atoms with van der Waals surface area (Å²) in [7, 11) is 1.74. The van der Waals surface area contributed by atoms with Gasteiger partial charge in [0.25, 0.3) is 0 Å². The van der Waals surface area contributed by atoms with Crippen LogP contribution in [0, 0.1) is 0 Å². The monoisotopic (exact) mass is 326 g/mol. The van der Waals surface area contributed by atoms with E-state index in [1.165, 1.54) is 24.9 Å². The normalized spacial score (nSPS) is 19.5. The number of rotatable bonds is 5. The molecule has 3 nitrogen and oxygen atoms in total. The fraction of sp³-hybridized carbons (Fsp3) is 0.600. The van der Waals surface area contributed by atoms with Gasteiger partial charge in [-0.05, 0) is 44.0 Å². The van der Waals surface area contributed by atoms with Crippen molar-refractivity contribution in [3.8, 4) is 5.75 Å². The number of hydrogen-bond donors (Lipinski definition) is 1. The van der Waals surface area contributed by atoms with E-state index in [2.05, 4.69) is 39.1 Å². The van der Waals surface area contributed by atoms with Crippen LogP contribution in [0.5, 0.6) is 5.75 Å². The highest BCUT2D eigenvalue weighted by Gasteiger charge is 2.21. The summed E-state index contributed by atoms with van der Waals surface area (Å²) in [6.07, 6.45) is 3.70. The van der Waals surface area contributed by atoms with Crippen molar-refractivity contribution in [1.82, 2.24) is 5.32 Å². The molecule has 1 atom stereocenters. The molecule has 1 heterocycles. The zero-order valence-electron chi connectivity index (χ0n) is 11.8. The first kappa shape index (κ1) is 14.7. The summed E-state index contributed by atoms with van der Waals surface area (Å²) in [6.45, 7) is 5.49. The summed E-state index contributed by atoms with van der Waals surface area (Å²) in [5.74, 6) is 0.958. The molecular formula is C15H23BrN2O. The smallest absolute Gasteiger partial charge is 0.142 e. The lowest BCUT2D eigenvalue weighted by molar-refractivity contribution is 0.400. The minimum Gasteiger partial charge on any atom is -0.495 e. The van der Waals surface area contributed by atoms with Crippen LogP contribution in [0.4, 0.5) is 5.69 Å². The van der Waals surface area contributed by atoms with Crippen LogP contribution in [-0.2, 0) is 0 Å². The maximum absolute atomic E-state index is 5.49. The Balaban J connectivity index is 2.10. The Morgan fingerprint density at radius 3 is 3.05 bits per heavy atom. The van der Waals surface area contributed by atoms with E-state index in [1.807, 2.05) is 12.1 Å². The van der Waals surface area contributed by atoms with E-state index in [9.17, 15) is 0 Å². The number of hydrogen-bond acceptors (Lipinski definition) is 3. The summed E-state index contributed by atoms with van der Waals surface area (Å²) >= 11 is 3.55. The number of halogens is 1. The van der Waals surface area contributed by atoms with E-state index in [-0.39, 0.29) is 0 Å². The molecule has 4 heteroatoms. The van der Waals surface area contributed by atoms with E-state index in [0.29, 0.717) is 6.04 Å². The fourth-order valence-corrected chi connectivity index (χ4v) is 2.97. The first-order valence-corrected chi connectivity index (χ1v) is 7.85. The molecule has 1 fully saturated rings. The highest BCUT2D eigenvalue weighted by molar-refractivity contribution is 9.10. The molecule has 1 aliphatic heterocycles. The van der Waals surface area contributed by atoms with Crippen molar-refractivity contribution in [3.63, 3.8) is 0 Å². The van der Waals surface area contributed by atoms with E-state index in [1.54, 1.807) is 7.11 Å². The van der Waals surface area contributed by atoms with E-state index in [0.717, 1.165) is 29.9 Å². The van der Waals surface area contributed by atoms with Crippen molar-refractivity contribution >= 4 is 21.6 Å². The van der Waals surface area contributed by atoms with E-state index in [4.69, 9.17) is 4.74 Å². The number of anilines is 1. The number of nitrogens with zero attached hydrogens (tertiary/aromatic N) is 1. The zero-order chi connectivity index (χ0) is 13.7. The molecule has 1 saturated heterocycles. The van der Waals surface area contributed by atoms with Crippen LogP contribution in [0.1, 0.15) is 26.2 Å². The van der Waals surface area contributed by atoms with Crippen LogP contribution in [0.15, 0.2) is 22.7 Å². The molecule has 1 aromatic rings. The molecule has 1 unspecified atom stereocenters. The van der Waals surface area contributed by atoms with Gasteiger partial charge in [-0.1, -0.05) is 22.9 Å². The minimum absolute atomic E-state index is 0.595. The van der Waals surface area contributed by atoms with Crippen LogP contribution >= 0.6 is 15.9 Å². The van der Waals surface area contributed by atoms with Gasteiger partial charge in [-0.3, -0.25) is 0 Å². The predicted molar refractivity (Wildman–Crippen MR) is 84.2 cm³/mol. The van der Waals surface area contributed by atoms with Crippen LogP contribution in [0.2, 0.25) is 0 Å². The standard InChI is InChI=1S/C15H23BrN2O/c1-3-8-17-13-5-4-9-18(11-13)14-10-12(16)6-7-15(14)19-2/h6-7,10,13,17H,3-5,8-9,11H2,1-2H3. The third kappa shape index (κ3) is 3.86. The molecule has 0 amide bonds. The molecular weight excluding hydrogens is 304 g/mol. The van der Waals surface area contributed by atoms with Crippen molar-refractivity contribution in [3.05, 3.63) is 22.7 Å². The van der Waals surface area contributed by atoms with Gasteiger partial charge in [0, 0.05) is 23.6 Å². The first-order chi connectivity index (χ1) is 9.24. The van der Waals surface area contributed by atoms with Crippen LogP contribution in [-0.4, -0.2) is 32.8 Å². The number of ether oxygens (including phenoxy) is 1. The summed E-state index contributed by atoms with van der Waals surface area (Å²) in [5, 5.41) is 3.63. The van der Waals surface area contributed by atoms with Crippen molar-refractivity contribution < 1.29 is 4.74 Å². The molecule has 0 bridgehead atoms. The third-order valence-corrected chi connectivity index (χ3v) is 4.08. The molecule has 106 valence electrons. The molecule has 0 saturated carbocycles. The molecule has 1 aliphatic rings. The second-order valence-electron chi connectivity index (χ2n) is 5.06. The second-order valence-corrected chi connectivity index (χ2v) is 5.97. The fourth-order valence-electron chi connectivity index (χ4n) is 2.62. The van der Waals surface area contributed by atoms with Gasteiger partial charge in [-0.15, -0.1) is 0 Å². The maximum atomic E-state index is 5.49. The van der Waals surface area contributed by atoms with Crippen molar-refractivity contribution in [2.75, 3.05) is 31.6 Å². The molecule has 19 heavy (non-hydrogen) atoms. The summed E-state index contributed by atoms with van der Waals surface area (Å²) in [6, 6.07) is 6.81. The topological polar surface area (TPSA) is 24.5 Å². The van der Waals surface area contributed by atoms with Crippen LogP contribution in [0.25, 0.3) is 0 Å². The summed E-state index contributed by atoms with van der Waals surface area (Å²) in [5.41, 5.74) is 1.19. The first-order valence-electron chi connectivity index (χ1n) is 7.06. The molecule has 0 radical (unpaired) electrons. The largest absolute Gasteiger partial charge is 0.495 e. The van der Waals surface area contributed by atoms with Gasteiger partial charge in [-0.25, -0.2) is 0 Å². The van der Waals surface area contributed by atoms with Gasteiger partial charge in [0.2, 0.25) is 0 Å². The Bertz CT molecular complexity index is 411. The molecule has 0 aliphatic carbocycles. The van der Waals surface area contributed by atoms with Gasteiger partial charge < -0.3 is 15.0 Å². The lowest BCUT2D eigenvalue weighted by atomic mass is 10.0. The summed E-state index contributed by atoms with van der Waals surface area (Å²) < 4.78 is 6.59. The number of benzene rings is 1. The van der Waals surface area contributed by atoms with Crippen LogP contribution < -0.4 is 15.0 Å². The Hall–Kier alpha value is -0.740. The quantitative estimate of drug-likeness (QED) is 0.897. The average molecular weight is 327 g/mol. The van der Waals surface area contributed by atoms with Gasteiger partial charge in [0.15, 0.2) is 0 Å². The van der Waals surface area contributed by atoms with Gasteiger partial charge >= 0.3 is 0 Å². The maximum Gasteiger partial charge on any atom is 0.142 e. The number of methoxy groups -OCH3 is 1. The summed E-state index contributed by atoms with van der Waals surface area (Å²) in [4.78, 5) is 2.43. The molecule has 1 N–H and O–H groups in total. The molecule has 0 aromatic heterocycles. The van der Waals surface area contributed by atoms with Crippen LogP contribution in [0.3, 0.4) is 0 Å².